The topological polar surface area (TPSA) is 61.3 Å². The zero-order chi connectivity index (χ0) is 25.4. The summed E-state index contributed by atoms with van der Waals surface area (Å²) in [5.41, 5.74) is 11.2. The largest absolute Gasteiger partial charge is 0.398 e. The van der Waals surface area contributed by atoms with E-state index in [-0.39, 0.29) is 32.5 Å². The summed E-state index contributed by atoms with van der Waals surface area (Å²) in [6.45, 7) is 3.43. The molecule has 0 aromatic heterocycles. The summed E-state index contributed by atoms with van der Waals surface area (Å²) in [5, 5.41) is 0.174. The molecule has 0 aliphatic rings. The molecular formula is C28H24Cl2F2N2O. The molecule has 3 nitrogen and oxygen atoms in total. The Hall–Kier alpha value is -3.12. The van der Waals surface area contributed by atoms with Gasteiger partial charge in [0.2, 0.25) is 0 Å². The number of rotatable bonds is 6. The highest BCUT2D eigenvalue weighted by Gasteiger charge is 2.44. The van der Waals surface area contributed by atoms with Gasteiger partial charge in [-0.25, -0.2) is 8.78 Å². The van der Waals surface area contributed by atoms with Gasteiger partial charge in [0.05, 0.1) is 21.4 Å². The van der Waals surface area contributed by atoms with E-state index < -0.39 is 22.8 Å². The summed E-state index contributed by atoms with van der Waals surface area (Å²) in [6.07, 6.45) is 0. The van der Waals surface area contributed by atoms with Crippen molar-refractivity contribution in [2.75, 3.05) is 11.5 Å². The molecule has 7 heteroatoms. The summed E-state index contributed by atoms with van der Waals surface area (Å²) < 4.78 is 37.8. The summed E-state index contributed by atoms with van der Waals surface area (Å²) in [4.78, 5) is 0. The van der Waals surface area contributed by atoms with Crippen molar-refractivity contribution in [3.8, 4) is 0 Å². The van der Waals surface area contributed by atoms with Gasteiger partial charge in [0.25, 0.3) is 0 Å². The third kappa shape index (κ3) is 4.59. The van der Waals surface area contributed by atoms with Crippen LogP contribution in [-0.4, -0.2) is 0 Å². The maximum atomic E-state index is 15.5. The van der Waals surface area contributed by atoms with Gasteiger partial charge in [0, 0.05) is 11.1 Å². The fraction of sp³-hybridized carbons (Fsp3) is 0.143. The number of nitrogen functional groups attached to an aromatic ring is 2. The molecule has 2 atom stereocenters. The lowest BCUT2D eigenvalue weighted by Crippen LogP contribution is -2.40. The third-order valence-corrected chi connectivity index (χ3v) is 6.91. The van der Waals surface area contributed by atoms with E-state index in [1.54, 1.807) is 13.8 Å². The van der Waals surface area contributed by atoms with Crippen molar-refractivity contribution in [1.82, 2.24) is 0 Å². The lowest BCUT2D eigenvalue weighted by molar-refractivity contribution is -0.109. The van der Waals surface area contributed by atoms with Gasteiger partial charge >= 0.3 is 0 Å². The van der Waals surface area contributed by atoms with Crippen LogP contribution < -0.4 is 11.5 Å². The van der Waals surface area contributed by atoms with E-state index in [0.29, 0.717) is 11.1 Å². The Balaban J connectivity index is 2.02. The van der Waals surface area contributed by atoms with E-state index in [0.717, 1.165) is 12.1 Å². The van der Waals surface area contributed by atoms with Crippen LogP contribution in [0.2, 0.25) is 10.0 Å². The highest BCUT2D eigenvalue weighted by Crippen LogP contribution is 2.47. The van der Waals surface area contributed by atoms with Crippen LogP contribution >= 0.6 is 23.2 Å². The van der Waals surface area contributed by atoms with Crippen molar-refractivity contribution in [2.24, 2.45) is 0 Å². The van der Waals surface area contributed by atoms with Crippen molar-refractivity contribution in [3.63, 3.8) is 0 Å². The zero-order valence-corrected chi connectivity index (χ0v) is 20.7. The van der Waals surface area contributed by atoms with E-state index in [2.05, 4.69) is 0 Å². The van der Waals surface area contributed by atoms with Gasteiger partial charge in [-0.05, 0) is 49.2 Å². The first-order valence-electron chi connectivity index (χ1n) is 10.9. The maximum absolute atomic E-state index is 15.5. The second-order valence-corrected chi connectivity index (χ2v) is 9.42. The van der Waals surface area contributed by atoms with E-state index in [4.69, 9.17) is 39.4 Å². The molecule has 4 N–H and O–H groups in total. The molecule has 35 heavy (non-hydrogen) atoms. The lowest BCUT2D eigenvalue weighted by Gasteiger charge is -2.42. The first-order valence-corrected chi connectivity index (χ1v) is 11.6. The van der Waals surface area contributed by atoms with Gasteiger partial charge in [0.1, 0.15) is 22.8 Å². The molecule has 4 aromatic carbocycles. The Morgan fingerprint density at radius 3 is 1.31 bits per heavy atom. The number of hydrogen-bond acceptors (Lipinski definition) is 3. The van der Waals surface area contributed by atoms with E-state index in [1.807, 2.05) is 60.7 Å². The molecule has 0 bridgehead atoms. The maximum Gasteiger partial charge on any atom is 0.131 e. The molecule has 4 rings (SSSR count). The highest BCUT2D eigenvalue weighted by molar-refractivity contribution is 6.33. The average molecular weight is 513 g/mol. The fourth-order valence-electron chi connectivity index (χ4n) is 4.32. The minimum atomic E-state index is -1.42. The first kappa shape index (κ1) is 25.0. The molecule has 0 saturated carbocycles. The van der Waals surface area contributed by atoms with Crippen molar-refractivity contribution in [2.45, 2.75) is 25.0 Å². The molecule has 0 amide bonds. The van der Waals surface area contributed by atoms with Crippen molar-refractivity contribution < 1.29 is 13.5 Å². The molecule has 0 aliphatic carbocycles. The van der Waals surface area contributed by atoms with Crippen LogP contribution in [0, 0.1) is 11.6 Å². The van der Waals surface area contributed by atoms with Crippen LogP contribution in [0.5, 0.6) is 0 Å². The molecule has 180 valence electrons. The predicted octanol–water partition coefficient (Wildman–Crippen LogP) is 7.68. The molecule has 0 fully saturated rings. The number of benzene rings is 4. The summed E-state index contributed by atoms with van der Waals surface area (Å²) in [5.74, 6) is -1.22. The summed E-state index contributed by atoms with van der Waals surface area (Å²) in [6, 6.07) is 23.4. The number of anilines is 2. The van der Waals surface area contributed by atoms with Gasteiger partial charge in [0.15, 0.2) is 0 Å². The molecule has 0 aliphatic heterocycles. The summed E-state index contributed by atoms with van der Waals surface area (Å²) >= 11 is 12.2. The van der Waals surface area contributed by atoms with Crippen LogP contribution in [0.3, 0.4) is 0 Å². The Kier molecular flexibility index (Phi) is 6.78. The Morgan fingerprint density at radius 1 is 0.629 bits per heavy atom. The van der Waals surface area contributed by atoms with E-state index in [9.17, 15) is 0 Å². The molecule has 0 radical (unpaired) electrons. The van der Waals surface area contributed by atoms with E-state index >= 15 is 8.78 Å². The molecular weight excluding hydrogens is 489 g/mol. The minimum Gasteiger partial charge on any atom is -0.398 e. The SMILES string of the molecule is CC(OC(C)(c1ccccc1)c1cc(N)c(Cl)cc1F)(c1ccccc1)c1cc(N)c(Cl)cc1F. The molecule has 0 spiro atoms. The average Bonchev–Trinajstić information content (AvgIpc) is 2.84. The number of ether oxygens (including phenoxy) is 1. The van der Waals surface area contributed by atoms with Crippen molar-refractivity contribution in [3.05, 3.63) is 129 Å². The fourth-order valence-corrected chi connectivity index (χ4v) is 4.62. The van der Waals surface area contributed by atoms with Gasteiger partial charge in [-0.3, -0.25) is 0 Å². The van der Waals surface area contributed by atoms with Gasteiger partial charge < -0.3 is 16.2 Å². The predicted molar refractivity (Wildman–Crippen MR) is 139 cm³/mol. The Labute approximate surface area is 213 Å². The second kappa shape index (κ2) is 9.50. The number of halogens is 4. The molecule has 4 aromatic rings. The normalized spacial score (nSPS) is 14.8. The van der Waals surface area contributed by atoms with Crippen LogP contribution in [-0.2, 0) is 15.9 Å². The smallest absolute Gasteiger partial charge is 0.131 e. The van der Waals surface area contributed by atoms with Crippen molar-refractivity contribution in [1.29, 1.82) is 0 Å². The third-order valence-electron chi connectivity index (χ3n) is 6.26. The van der Waals surface area contributed by atoms with Crippen molar-refractivity contribution >= 4 is 34.6 Å². The standard InChI is InChI=1S/C28H24Cl2F2N2O/c1-27(17-9-5-3-6-10-17,19-13-25(33)21(29)15-23(19)31)35-28(2,18-11-7-4-8-12-18)20-14-26(34)22(30)16-24(20)32/h3-16H,33-34H2,1-2H3. The van der Waals surface area contributed by atoms with Crippen LogP contribution in [0.15, 0.2) is 84.9 Å². The van der Waals surface area contributed by atoms with Gasteiger partial charge in [-0.15, -0.1) is 0 Å². The number of nitrogens with two attached hydrogens (primary N) is 2. The number of hydrogen-bond donors (Lipinski definition) is 2. The summed E-state index contributed by atoms with van der Waals surface area (Å²) in [7, 11) is 0. The molecule has 2 unspecified atom stereocenters. The lowest BCUT2D eigenvalue weighted by atomic mass is 9.82. The first-order chi connectivity index (χ1) is 16.6. The zero-order valence-electron chi connectivity index (χ0n) is 19.2. The Bertz CT molecular complexity index is 1260. The second-order valence-electron chi connectivity index (χ2n) is 8.61. The van der Waals surface area contributed by atoms with Crippen LogP contribution in [0.1, 0.15) is 36.1 Å². The molecule has 0 heterocycles. The van der Waals surface area contributed by atoms with Crippen LogP contribution in [0.25, 0.3) is 0 Å². The van der Waals surface area contributed by atoms with Crippen LogP contribution in [0.4, 0.5) is 20.2 Å². The van der Waals surface area contributed by atoms with Gasteiger partial charge in [-0.1, -0.05) is 83.9 Å². The highest BCUT2D eigenvalue weighted by atomic mass is 35.5. The molecule has 0 saturated heterocycles. The monoisotopic (exact) mass is 512 g/mol. The van der Waals surface area contributed by atoms with Gasteiger partial charge in [-0.2, -0.15) is 0 Å². The Morgan fingerprint density at radius 2 is 0.971 bits per heavy atom. The quantitative estimate of drug-likeness (QED) is 0.260. The minimum absolute atomic E-state index is 0.0870. The van der Waals surface area contributed by atoms with E-state index in [1.165, 1.54) is 12.1 Å².